The number of hydrogen-bond donors (Lipinski definition) is 2. The molecule has 3 rings (SSSR count). The van der Waals surface area contributed by atoms with Crippen LogP contribution in [-0.4, -0.2) is 9.97 Å². The molecule has 3 nitrogen and oxygen atoms in total. The first-order valence-corrected chi connectivity index (χ1v) is 5.90. The van der Waals surface area contributed by atoms with Gasteiger partial charge in [0.15, 0.2) is 0 Å². The molecule has 3 aromatic rings. The summed E-state index contributed by atoms with van der Waals surface area (Å²) in [5, 5.41) is 3.61. The largest absolute Gasteiger partial charge is 0.416 e. The molecule has 0 bridgehead atoms. The smallest absolute Gasteiger partial charge is 0.366 e. The topological polar surface area (TPSA) is 40.7 Å². The lowest BCUT2D eigenvalue weighted by molar-refractivity contribution is -0.137. The molecule has 6 heteroatoms. The van der Waals surface area contributed by atoms with Crippen molar-refractivity contribution in [3.05, 3.63) is 54.5 Å². The van der Waals surface area contributed by atoms with Gasteiger partial charge in [0, 0.05) is 29.7 Å². The fraction of sp³-hybridized carbons (Fsp3) is 0.0714. The summed E-state index contributed by atoms with van der Waals surface area (Å²) in [5.74, 6) is 0. The number of rotatable bonds is 2. The first-order chi connectivity index (χ1) is 9.54. The Morgan fingerprint density at radius 2 is 2.00 bits per heavy atom. The molecule has 0 aliphatic rings. The Morgan fingerprint density at radius 1 is 1.15 bits per heavy atom. The van der Waals surface area contributed by atoms with Gasteiger partial charge in [-0.2, -0.15) is 13.2 Å². The molecule has 0 fully saturated rings. The quantitative estimate of drug-likeness (QED) is 0.732. The average molecular weight is 277 g/mol. The van der Waals surface area contributed by atoms with Crippen molar-refractivity contribution < 1.29 is 13.2 Å². The van der Waals surface area contributed by atoms with Crippen LogP contribution < -0.4 is 5.32 Å². The number of benzene rings is 1. The van der Waals surface area contributed by atoms with E-state index < -0.39 is 11.7 Å². The van der Waals surface area contributed by atoms with E-state index >= 15 is 0 Å². The number of anilines is 2. The van der Waals surface area contributed by atoms with Gasteiger partial charge in [0.05, 0.1) is 16.8 Å². The van der Waals surface area contributed by atoms with Crippen molar-refractivity contribution in [1.82, 2.24) is 9.97 Å². The second kappa shape index (κ2) is 4.56. The van der Waals surface area contributed by atoms with Gasteiger partial charge < -0.3 is 10.3 Å². The van der Waals surface area contributed by atoms with Crippen molar-refractivity contribution in [2.75, 3.05) is 5.32 Å². The van der Waals surface area contributed by atoms with E-state index in [1.165, 1.54) is 6.20 Å². The molecular weight excluding hydrogens is 267 g/mol. The van der Waals surface area contributed by atoms with Gasteiger partial charge in [-0.25, -0.2) is 0 Å². The van der Waals surface area contributed by atoms with Crippen LogP contribution in [0.3, 0.4) is 0 Å². The Labute approximate surface area is 112 Å². The van der Waals surface area contributed by atoms with Crippen LogP contribution in [0.2, 0.25) is 0 Å². The highest BCUT2D eigenvalue weighted by Gasteiger charge is 2.31. The molecule has 0 aliphatic heterocycles. The van der Waals surface area contributed by atoms with E-state index in [-0.39, 0.29) is 0 Å². The molecule has 2 heterocycles. The van der Waals surface area contributed by atoms with Crippen molar-refractivity contribution in [2.45, 2.75) is 6.18 Å². The van der Waals surface area contributed by atoms with Gasteiger partial charge in [-0.1, -0.05) is 0 Å². The Bertz CT molecular complexity index is 733. The fourth-order valence-corrected chi connectivity index (χ4v) is 2.01. The Balaban J connectivity index is 2.17. The van der Waals surface area contributed by atoms with Crippen molar-refractivity contribution in [1.29, 1.82) is 0 Å². The number of aromatic nitrogens is 2. The summed E-state index contributed by atoms with van der Waals surface area (Å²) in [6.45, 7) is 0. The number of nitrogens with one attached hydrogen (secondary N) is 2. The zero-order chi connectivity index (χ0) is 14.2. The molecule has 0 saturated heterocycles. The maximum absolute atomic E-state index is 12.9. The molecular formula is C14H10F3N3. The average Bonchev–Trinajstić information content (AvgIpc) is 2.90. The molecule has 0 aliphatic carbocycles. The molecule has 0 unspecified atom stereocenters. The van der Waals surface area contributed by atoms with Gasteiger partial charge in [-0.05, 0) is 30.3 Å². The molecule has 1 aromatic carbocycles. The van der Waals surface area contributed by atoms with Gasteiger partial charge in [-0.3, -0.25) is 4.98 Å². The predicted octanol–water partition coefficient (Wildman–Crippen LogP) is 4.33. The van der Waals surface area contributed by atoms with Crippen molar-refractivity contribution in [3.8, 4) is 0 Å². The lowest BCUT2D eigenvalue weighted by Gasteiger charge is -2.13. The van der Waals surface area contributed by atoms with E-state index in [9.17, 15) is 13.2 Å². The SMILES string of the molecule is FC(F)(F)c1cc(Nc2cc[nH]c2)c2cccnc2c1. The van der Waals surface area contributed by atoms with Gasteiger partial charge in [-0.15, -0.1) is 0 Å². The summed E-state index contributed by atoms with van der Waals surface area (Å²) in [4.78, 5) is 6.84. The number of hydrogen-bond acceptors (Lipinski definition) is 2. The minimum atomic E-state index is -4.40. The van der Waals surface area contributed by atoms with Crippen molar-refractivity contribution in [2.24, 2.45) is 0 Å². The molecule has 102 valence electrons. The number of pyridine rings is 1. The Kier molecular flexibility index (Phi) is 2.85. The highest BCUT2D eigenvalue weighted by molar-refractivity contribution is 5.93. The van der Waals surface area contributed by atoms with Crippen LogP contribution in [0.15, 0.2) is 48.9 Å². The maximum atomic E-state index is 12.9. The number of fused-ring (bicyclic) bond motifs is 1. The zero-order valence-corrected chi connectivity index (χ0v) is 10.2. The third kappa shape index (κ3) is 2.32. The van der Waals surface area contributed by atoms with Crippen LogP contribution in [0, 0.1) is 0 Å². The molecule has 0 atom stereocenters. The van der Waals surface area contributed by atoms with E-state index in [0.29, 0.717) is 22.3 Å². The highest BCUT2D eigenvalue weighted by atomic mass is 19.4. The summed E-state index contributed by atoms with van der Waals surface area (Å²) in [6, 6.07) is 7.31. The molecule has 0 amide bonds. The molecule has 0 radical (unpaired) electrons. The number of H-pyrrole nitrogens is 1. The monoisotopic (exact) mass is 277 g/mol. The van der Waals surface area contributed by atoms with Crippen LogP contribution in [0.5, 0.6) is 0 Å². The lowest BCUT2D eigenvalue weighted by Crippen LogP contribution is -2.06. The summed E-state index contributed by atoms with van der Waals surface area (Å²) < 4.78 is 38.7. The van der Waals surface area contributed by atoms with E-state index in [4.69, 9.17) is 0 Å². The second-order valence-corrected chi connectivity index (χ2v) is 4.32. The number of alkyl halides is 3. The third-order valence-electron chi connectivity index (χ3n) is 2.93. The normalized spacial score (nSPS) is 11.8. The first kappa shape index (κ1) is 12.5. The highest BCUT2D eigenvalue weighted by Crippen LogP contribution is 2.35. The van der Waals surface area contributed by atoms with Crippen molar-refractivity contribution >= 4 is 22.3 Å². The summed E-state index contributed by atoms with van der Waals surface area (Å²) in [7, 11) is 0. The van der Waals surface area contributed by atoms with Crippen LogP contribution in [0.1, 0.15) is 5.56 Å². The Hall–Kier alpha value is -2.50. The lowest BCUT2D eigenvalue weighted by atomic mass is 10.1. The minimum Gasteiger partial charge on any atom is -0.366 e. The Morgan fingerprint density at radius 3 is 2.70 bits per heavy atom. The van der Waals surface area contributed by atoms with E-state index in [1.54, 1.807) is 30.6 Å². The van der Waals surface area contributed by atoms with Gasteiger partial charge in [0.1, 0.15) is 0 Å². The number of nitrogens with zero attached hydrogens (tertiary/aromatic N) is 1. The molecule has 0 spiro atoms. The standard InChI is InChI=1S/C14H10F3N3/c15-14(16,17)9-6-12-11(2-1-4-19-12)13(7-9)20-10-3-5-18-8-10/h1-8,18,20H. The summed E-state index contributed by atoms with van der Waals surface area (Å²) in [5.41, 5.74) is 0.652. The number of halogens is 3. The van der Waals surface area contributed by atoms with Crippen molar-refractivity contribution in [3.63, 3.8) is 0 Å². The van der Waals surface area contributed by atoms with E-state index in [0.717, 1.165) is 12.1 Å². The van der Waals surface area contributed by atoms with E-state index in [1.807, 2.05) is 0 Å². The van der Waals surface area contributed by atoms with Crippen LogP contribution in [-0.2, 0) is 6.18 Å². The summed E-state index contributed by atoms with van der Waals surface area (Å²) in [6.07, 6.45) is 0.432. The first-order valence-electron chi connectivity index (χ1n) is 5.90. The van der Waals surface area contributed by atoms with E-state index in [2.05, 4.69) is 15.3 Å². The fourth-order valence-electron chi connectivity index (χ4n) is 2.01. The summed E-state index contributed by atoms with van der Waals surface area (Å²) >= 11 is 0. The second-order valence-electron chi connectivity index (χ2n) is 4.32. The van der Waals surface area contributed by atoms with Crippen LogP contribution >= 0.6 is 0 Å². The van der Waals surface area contributed by atoms with Gasteiger partial charge in [0.2, 0.25) is 0 Å². The maximum Gasteiger partial charge on any atom is 0.416 e. The molecule has 2 aromatic heterocycles. The van der Waals surface area contributed by atoms with Gasteiger partial charge in [0.25, 0.3) is 0 Å². The predicted molar refractivity (Wildman–Crippen MR) is 70.8 cm³/mol. The minimum absolute atomic E-state index is 0.306. The number of aromatic amines is 1. The van der Waals surface area contributed by atoms with Crippen LogP contribution in [0.4, 0.5) is 24.5 Å². The molecule has 20 heavy (non-hydrogen) atoms. The molecule has 0 saturated carbocycles. The molecule has 2 N–H and O–H groups in total. The zero-order valence-electron chi connectivity index (χ0n) is 10.2. The van der Waals surface area contributed by atoms with Gasteiger partial charge >= 0.3 is 6.18 Å². The van der Waals surface area contributed by atoms with Crippen LogP contribution in [0.25, 0.3) is 10.9 Å². The third-order valence-corrected chi connectivity index (χ3v) is 2.93.